The van der Waals surface area contributed by atoms with E-state index in [4.69, 9.17) is 4.98 Å². The summed E-state index contributed by atoms with van der Waals surface area (Å²) in [5.41, 5.74) is 3.76. The molecular weight excluding hydrogens is 288 g/mol. The van der Waals surface area contributed by atoms with E-state index in [-0.39, 0.29) is 5.41 Å². The average Bonchev–Trinajstić information content (AvgIpc) is 2.74. The van der Waals surface area contributed by atoms with Crippen LogP contribution in [-0.4, -0.2) is 9.97 Å². The molecule has 1 aliphatic rings. The number of imidazole rings is 1. The molecule has 1 aromatic heterocycles. The number of aromatic amines is 1. The highest BCUT2D eigenvalue weighted by atomic mass is 79.9. The third kappa shape index (κ3) is 1.99. The molecule has 1 N–H and O–H groups in total. The Morgan fingerprint density at radius 3 is 2.67 bits per heavy atom. The van der Waals surface area contributed by atoms with E-state index in [1.54, 1.807) is 0 Å². The molecule has 1 heterocycles. The number of nitrogens with one attached hydrogen (secondary N) is 1. The molecule has 3 heteroatoms. The zero-order valence-corrected chi connectivity index (χ0v) is 12.6. The second-order valence-electron chi connectivity index (χ2n) is 5.83. The van der Waals surface area contributed by atoms with Gasteiger partial charge in [0.25, 0.3) is 0 Å². The van der Waals surface area contributed by atoms with Gasteiger partial charge < -0.3 is 4.98 Å². The van der Waals surface area contributed by atoms with Crippen LogP contribution in [0.15, 0.2) is 16.6 Å². The molecule has 0 unspecified atom stereocenters. The summed E-state index contributed by atoms with van der Waals surface area (Å²) < 4.78 is 1.12. The number of halogens is 1. The summed E-state index contributed by atoms with van der Waals surface area (Å²) in [6, 6.07) is 4.27. The van der Waals surface area contributed by atoms with E-state index in [9.17, 15) is 0 Å². The first-order valence-corrected chi connectivity index (χ1v) is 7.54. The lowest BCUT2D eigenvalue weighted by atomic mass is 9.75. The van der Waals surface area contributed by atoms with Crippen LogP contribution in [0, 0.1) is 6.92 Å². The van der Waals surface area contributed by atoms with Crippen LogP contribution in [0.5, 0.6) is 0 Å². The Bertz CT molecular complexity index is 579. The number of rotatable bonds is 1. The summed E-state index contributed by atoms with van der Waals surface area (Å²) in [5.74, 6) is 1.18. The molecule has 0 spiro atoms. The van der Waals surface area contributed by atoms with Crippen molar-refractivity contribution in [3.8, 4) is 0 Å². The van der Waals surface area contributed by atoms with E-state index < -0.39 is 0 Å². The summed E-state index contributed by atoms with van der Waals surface area (Å²) in [7, 11) is 0. The van der Waals surface area contributed by atoms with E-state index in [0.29, 0.717) is 0 Å². The van der Waals surface area contributed by atoms with Crippen molar-refractivity contribution < 1.29 is 0 Å². The zero-order valence-electron chi connectivity index (χ0n) is 11.0. The van der Waals surface area contributed by atoms with Gasteiger partial charge in [-0.15, -0.1) is 0 Å². The van der Waals surface area contributed by atoms with E-state index in [0.717, 1.165) is 15.5 Å². The lowest BCUT2D eigenvalue weighted by molar-refractivity contribution is 0.306. The number of aryl methyl sites for hydroxylation is 1. The highest BCUT2D eigenvalue weighted by molar-refractivity contribution is 9.10. The predicted octanol–water partition coefficient (Wildman–Crippen LogP) is 4.86. The molecule has 1 fully saturated rings. The fourth-order valence-electron chi connectivity index (χ4n) is 3.10. The van der Waals surface area contributed by atoms with E-state index in [2.05, 4.69) is 46.9 Å². The van der Waals surface area contributed by atoms with Gasteiger partial charge >= 0.3 is 0 Å². The molecule has 1 saturated carbocycles. The highest BCUT2D eigenvalue weighted by Gasteiger charge is 2.31. The van der Waals surface area contributed by atoms with E-state index in [1.165, 1.54) is 43.5 Å². The first-order chi connectivity index (χ1) is 8.58. The van der Waals surface area contributed by atoms with Crippen LogP contribution in [-0.2, 0) is 5.41 Å². The highest BCUT2D eigenvalue weighted by Crippen LogP contribution is 2.38. The number of hydrogen-bond acceptors (Lipinski definition) is 1. The molecule has 1 aromatic carbocycles. The Labute approximate surface area is 116 Å². The molecule has 0 atom stereocenters. The van der Waals surface area contributed by atoms with Crippen LogP contribution in [0.3, 0.4) is 0 Å². The van der Waals surface area contributed by atoms with E-state index >= 15 is 0 Å². The number of benzene rings is 1. The largest absolute Gasteiger partial charge is 0.341 e. The lowest BCUT2D eigenvalue weighted by Gasteiger charge is -2.31. The normalized spacial score (nSPS) is 19.3. The fourth-order valence-corrected chi connectivity index (χ4v) is 3.67. The Morgan fingerprint density at radius 2 is 1.94 bits per heavy atom. The smallest absolute Gasteiger partial charge is 0.113 e. The second-order valence-corrected chi connectivity index (χ2v) is 6.74. The van der Waals surface area contributed by atoms with Crippen molar-refractivity contribution in [2.45, 2.75) is 51.4 Å². The Kier molecular flexibility index (Phi) is 2.97. The van der Waals surface area contributed by atoms with Gasteiger partial charge in [0.2, 0.25) is 0 Å². The topological polar surface area (TPSA) is 28.7 Å². The molecule has 0 amide bonds. The van der Waals surface area contributed by atoms with Crippen LogP contribution in [0.25, 0.3) is 11.0 Å². The zero-order chi connectivity index (χ0) is 12.8. The van der Waals surface area contributed by atoms with Crippen molar-refractivity contribution in [1.82, 2.24) is 9.97 Å². The van der Waals surface area contributed by atoms with Crippen molar-refractivity contribution in [1.29, 1.82) is 0 Å². The quantitative estimate of drug-likeness (QED) is 0.801. The van der Waals surface area contributed by atoms with E-state index in [1.807, 2.05) is 0 Å². The van der Waals surface area contributed by atoms with Crippen LogP contribution in [0.1, 0.15) is 50.4 Å². The maximum atomic E-state index is 4.87. The third-order valence-corrected chi connectivity index (χ3v) is 4.73. The fraction of sp³-hybridized carbons (Fsp3) is 0.533. The maximum absolute atomic E-state index is 4.87. The van der Waals surface area contributed by atoms with Gasteiger partial charge in [-0.25, -0.2) is 4.98 Å². The molecule has 3 rings (SSSR count). The van der Waals surface area contributed by atoms with Crippen LogP contribution < -0.4 is 0 Å². The minimum Gasteiger partial charge on any atom is -0.341 e. The maximum Gasteiger partial charge on any atom is 0.113 e. The first kappa shape index (κ1) is 12.2. The molecule has 1 aliphatic carbocycles. The van der Waals surface area contributed by atoms with Gasteiger partial charge in [0, 0.05) is 9.89 Å². The second kappa shape index (κ2) is 4.37. The van der Waals surface area contributed by atoms with Crippen LogP contribution >= 0.6 is 15.9 Å². The molecule has 2 aromatic rings. The molecular formula is C15H19BrN2. The lowest BCUT2D eigenvalue weighted by Crippen LogP contribution is -2.26. The van der Waals surface area contributed by atoms with Gasteiger partial charge in [-0.1, -0.05) is 42.1 Å². The Balaban J connectivity index is 2.10. The number of nitrogens with zero attached hydrogens (tertiary/aromatic N) is 1. The minimum atomic E-state index is 0.246. The SMILES string of the molecule is Cc1cc(Br)cc2[nH]c(C3(C)CCCCC3)nc12. The number of fused-ring (bicyclic) bond motifs is 1. The Hall–Kier alpha value is -0.830. The van der Waals surface area contributed by atoms with Gasteiger partial charge in [0.15, 0.2) is 0 Å². The molecule has 0 saturated heterocycles. The molecule has 0 bridgehead atoms. The molecule has 2 nitrogen and oxygen atoms in total. The third-order valence-electron chi connectivity index (χ3n) is 4.27. The van der Waals surface area contributed by atoms with Gasteiger partial charge in [0.1, 0.15) is 5.82 Å². The standard InChI is InChI=1S/C15H19BrN2/c1-10-8-11(16)9-12-13(10)18-14(17-12)15(2)6-4-3-5-7-15/h8-9H,3-7H2,1-2H3,(H,17,18). The number of aromatic nitrogens is 2. The summed E-state index contributed by atoms with van der Waals surface area (Å²) in [4.78, 5) is 8.42. The Morgan fingerprint density at radius 1 is 1.22 bits per heavy atom. The van der Waals surface area contributed by atoms with Gasteiger partial charge in [-0.2, -0.15) is 0 Å². The summed E-state index contributed by atoms with van der Waals surface area (Å²) in [5, 5.41) is 0. The summed E-state index contributed by atoms with van der Waals surface area (Å²) >= 11 is 3.55. The van der Waals surface area contributed by atoms with Gasteiger partial charge in [-0.3, -0.25) is 0 Å². The molecule has 0 radical (unpaired) electrons. The number of H-pyrrole nitrogens is 1. The van der Waals surface area contributed by atoms with Crippen molar-refractivity contribution in [2.75, 3.05) is 0 Å². The molecule has 18 heavy (non-hydrogen) atoms. The monoisotopic (exact) mass is 306 g/mol. The summed E-state index contributed by atoms with van der Waals surface area (Å²) in [6.07, 6.45) is 6.55. The first-order valence-electron chi connectivity index (χ1n) is 6.75. The van der Waals surface area contributed by atoms with Gasteiger partial charge in [-0.05, 0) is 37.5 Å². The molecule has 0 aliphatic heterocycles. The van der Waals surface area contributed by atoms with Gasteiger partial charge in [0.05, 0.1) is 11.0 Å². The van der Waals surface area contributed by atoms with Crippen LogP contribution in [0.4, 0.5) is 0 Å². The van der Waals surface area contributed by atoms with Crippen molar-refractivity contribution in [3.63, 3.8) is 0 Å². The van der Waals surface area contributed by atoms with Crippen molar-refractivity contribution >= 4 is 27.0 Å². The predicted molar refractivity (Wildman–Crippen MR) is 79.0 cm³/mol. The molecule has 96 valence electrons. The van der Waals surface area contributed by atoms with Crippen LogP contribution in [0.2, 0.25) is 0 Å². The van der Waals surface area contributed by atoms with Crippen molar-refractivity contribution in [3.05, 3.63) is 28.0 Å². The van der Waals surface area contributed by atoms with Crippen molar-refractivity contribution in [2.24, 2.45) is 0 Å². The summed E-state index contributed by atoms with van der Waals surface area (Å²) in [6.45, 7) is 4.48. The average molecular weight is 307 g/mol. The number of hydrogen-bond donors (Lipinski definition) is 1. The minimum absolute atomic E-state index is 0.246.